The number of amides is 2. The standard InChI is InChI=1S/C23H29N3O3/c1-17-14-18(2)16-20(15-17)26(19(3)27)9-8-23(28)24-21-6-4-5-7-22(21)25-10-12-29-13-11-25/h4-7,14-16H,8-13H2,1-3H3,(H,24,28). The van der Waals surface area contributed by atoms with Gasteiger partial charge in [-0.1, -0.05) is 18.2 Å². The molecule has 3 rings (SSSR count). The number of carbonyl (C=O) groups is 2. The normalized spacial score (nSPS) is 13.8. The first-order valence-corrected chi connectivity index (χ1v) is 10.0. The maximum Gasteiger partial charge on any atom is 0.226 e. The fourth-order valence-corrected chi connectivity index (χ4v) is 3.66. The minimum Gasteiger partial charge on any atom is -0.378 e. The molecule has 2 amide bonds. The molecule has 0 spiro atoms. The fourth-order valence-electron chi connectivity index (χ4n) is 3.66. The highest BCUT2D eigenvalue weighted by molar-refractivity contribution is 5.96. The summed E-state index contributed by atoms with van der Waals surface area (Å²) in [6.07, 6.45) is 0.226. The smallest absolute Gasteiger partial charge is 0.226 e. The minimum absolute atomic E-state index is 0.0727. The number of carbonyl (C=O) groups excluding carboxylic acids is 2. The second-order valence-electron chi connectivity index (χ2n) is 7.43. The molecule has 29 heavy (non-hydrogen) atoms. The Bertz CT molecular complexity index is 855. The minimum atomic E-state index is -0.110. The predicted molar refractivity (Wildman–Crippen MR) is 117 cm³/mol. The molecule has 1 fully saturated rings. The van der Waals surface area contributed by atoms with Gasteiger partial charge in [0.15, 0.2) is 0 Å². The van der Waals surface area contributed by atoms with Crippen molar-refractivity contribution in [2.24, 2.45) is 0 Å². The Hall–Kier alpha value is -2.86. The zero-order valence-electron chi connectivity index (χ0n) is 17.4. The van der Waals surface area contributed by atoms with Crippen LogP contribution in [0.15, 0.2) is 42.5 Å². The van der Waals surface area contributed by atoms with Crippen LogP contribution in [0.3, 0.4) is 0 Å². The van der Waals surface area contributed by atoms with E-state index in [1.165, 1.54) is 6.92 Å². The van der Waals surface area contributed by atoms with Crippen molar-refractivity contribution in [1.29, 1.82) is 0 Å². The highest BCUT2D eigenvalue weighted by Crippen LogP contribution is 2.26. The number of nitrogens with one attached hydrogen (secondary N) is 1. The van der Waals surface area contributed by atoms with E-state index in [2.05, 4.69) is 16.3 Å². The van der Waals surface area contributed by atoms with Gasteiger partial charge in [-0.15, -0.1) is 0 Å². The monoisotopic (exact) mass is 395 g/mol. The Balaban J connectivity index is 1.66. The van der Waals surface area contributed by atoms with Crippen molar-refractivity contribution < 1.29 is 14.3 Å². The van der Waals surface area contributed by atoms with Crippen LogP contribution in [0, 0.1) is 13.8 Å². The summed E-state index contributed by atoms with van der Waals surface area (Å²) in [4.78, 5) is 28.7. The molecule has 0 aromatic heterocycles. The number of morpholine rings is 1. The lowest BCUT2D eigenvalue weighted by Gasteiger charge is -2.30. The van der Waals surface area contributed by atoms with Gasteiger partial charge in [0.2, 0.25) is 11.8 Å². The number of anilines is 3. The van der Waals surface area contributed by atoms with Gasteiger partial charge in [-0.3, -0.25) is 9.59 Å². The summed E-state index contributed by atoms with van der Waals surface area (Å²) in [7, 11) is 0. The maximum absolute atomic E-state index is 12.6. The summed E-state index contributed by atoms with van der Waals surface area (Å²) < 4.78 is 5.42. The van der Waals surface area contributed by atoms with E-state index >= 15 is 0 Å². The van der Waals surface area contributed by atoms with Gasteiger partial charge in [-0.05, 0) is 49.2 Å². The molecule has 1 N–H and O–H groups in total. The van der Waals surface area contributed by atoms with E-state index in [0.717, 1.165) is 41.3 Å². The lowest BCUT2D eigenvalue weighted by molar-refractivity contribution is -0.117. The first-order chi connectivity index (χ1) is 13.9. The van der Waals surface area contributed by atoms with Gasteiger partial charge in [-0.2, -0.15) is 0 Å². The van der Waals surface area contributed by atoms with Crippen LogP contribution in [-0.2, 0) is 14.3 Å². The number of hydrogen-bond donors (Lipinski definition) is 1. The Morgan fingerprint density at radius 3 is 2.38 bits per heavy atom. The van der Waals surface area contributed by atoms with E-state index in [1.54, 1.807) is 4.90 Å². The van der Waals surface area contributed by atoms with Crippen LogP contribution >= 0.6 is 0 Å². The number of para-hydroxylation sites is 2. The Morgan fingerprint density at radius 1 is 1.07 bits per heavy atom. The molecule has 0 bridgehead atoms. The first-order valence-electron chi connectivity index (χ1n) is 10.0. The highest BCUT2D eigenvalue weighted by atomic mass is 16.5. The number of aryl methyl sites for hydroxylation is 2. The molecule has 1 saturated heterocycles. The molecule has 154 valence electrons. The van der Waals surface area contributed by atoms with Gasteiger partial charge in [0.1, 0.15) is 0 Å². The van der Waals surface area contributed by atoms with E-state index in [0.29, 0.717) is 19.8 Å². The molecule has 1 heterocycles. The molecule has 2 aromatic carbocycles. The van der Waals surface area contributed by atoms with Crippen molar-refractivity contribution in [3.8, 4) is 0 Å². The summed E-state index contributed by atoms with van der Waals surface area (Å²) in [5, 5.41) is 3.02. The molecule has 1 aliphatic heterocycles. The Morgan fingerprint density at radius 2 is 1.72 bits per heavy atom. The van der Waals surface area contributed by atoms with Gasteiger partial charge in [0.25, 0.3) is 0 Å². The van der Waals surface area contributed by atoms with Crippen LogP contribution in [0.4, 0.5) is 17.1 Å². The number of rotatable bonds is 6. The molecular weight excluding hydrogens is 366 g/mol. The van der Waals surface area contributed by atoms with Crippen LogP contribution in [0.1, 0.15) is 24.5 Å². The lowest BCUT2D eigenvalue weighted by atomic mass is 10.1. The van der Waals surface area contributed by atoms with Crippen molar-refractivity contribution in [1.82, 2.24) is 0 Å². The van der Waals surface area contributed by atoms with E-state index in [-0.39, 0.29) is 18.2 Å². The third kappa shape index (κ3) is 5.57. The van der Waals surface area contributed by atoms with Gasteiger partial charge >= 0.3 is 0 Å². The van der Waals surface area contributed by atoms with Gasteiger partial charge in [0, 0.05) is 38.7 Å². The topological polar surface area (TPSA) is 61.9 Å². The number of hydrogen-bond acceptors (Lipinski definition) is 4. The van der Waals surface area contributed by atoms with Gasteiger partial charge in [-0.25, -0.2) is 0 Å². The van der Waals surface area contributed by atoms with Crippen LogP contribution in [0.2, 0.25) is 0 Å². The van der Waals surface area contributed by atoms with Crippen molar-refractivity contribution >= 4 is 28.9 Å². The third-order valence-electron chi connectivity index (χ3n) is 4.99. The van der Waals surface area contributed by atoms with Crippen LogP contribution < -0.4 is 15.1 Å². The predicted octanol–water partition coefficient (Wildman–Crippen LogP) is 3.52. The molecule has 6 nitrogen and oxygen atoms in total. The molecule has 0 unspecified atom stereocenters. The van der Waals surface area contributed by atoms with E-state index in [4.69, 9.17) is 4.74 Å². The Labute approximate surface area is 172 Å². The van der Waals surface area contributed by atoms with Crippen LogP contribution in [-0.4, -0.2) is 44.7 Å². The molecule has 0 atom stereocenters. The van der Waals surface area contributed by atoms with Crippen molar-refractivity contribution in [3.63, 3.8) is 0 Å². The fraction of sp³-hybridized carbons (Fsp3) is 0.391. The number of benzene rings is 2. The molecule has 0 radical (unpaired) electrons. The summed E-state index contributed by atoms with van der Waals surface area (Å²) in [5.74, 6) is -0.183. The lowest BCUT2D eigenvalue weighted by Crippen LogP contribution is -2.37. The zero-order chi connectivity index (χ0) is 20.8. The number of ether oxygens (including phenoxy) is 1. The zero-order valence-corrected chi connectivity index (χ0v) is 17.4. The van der Waals surface area contributed by atoms with Gasteiger partial charge < -0.3 is 19.9 Å². The Kier molecular flexibility index (Phi) is 6.88. The van der Waals surface area contributed by atoms with Crippen molar-refractivity contribution in [2.75, 3.05) is 48.0 Å². The third-order valence-corrected chi connectivity index (χ3v) is 4.99. The average molecular weight is 396 g/mol. The molecule has 0 saturated carbocycles. The van der Waals surface area contributed by atoms with E-state index in [9.17, 15) is 9.59 Å². The summed E-state index contributed by atoms with van der Waals surface area (Å²) >= 11 is 0. The highest BCUT2D eigenvalue weighted by Gasteiger charge is 2.17. The number of nitrogens with zero attached hydrogens (tertiary/aromatic N) is 2. The van der Waals surface area contributed by atoms with E-state index in [1.807, 2.05) is 50.2 Å². The van der Waals surface area contributed by atoms with Crippen LogP contribution in [0.5, 0.6) is 0 Å². The quantitative estimate of drug-likeness (QED) is 0.813. The van der Waals surface area contributed by atoms with Crippen molar-refractivity contribution in [3.05, 3.63) is 53.6 Å². The second-order valence-corrected chi connectivity index (χ2v) is 7.43. The maximum atomic E-state index is 12.6. The first kappa shape index (κ1) is 20.9. The van der Waals surface area contributed by atoms with Gasteiger partial charge in [0.05, 0.1) is 24.6 Å². The molecular formula is C23H29N3O3. The molecule has 2 aromatic rings. The molecule has 6 heteroatoms. The summed E-state index contributed by atoms with van der Waals surface area (Å²) in [6, 6.07) is 13.8. The SMILES string of the molecule is CC(=O)N(CCC(=O)Nc1ccccc1N1CCOCC1)c1cc(C)cc(C)c1. The van der Waals surface area contributed by atoms with Crippen molar-refractivity contribution in [2.45, 2.75) is 27.2 Å². The van der Waals surface area contributed by atoms with Crippen LogP contribution in [0.25, 0.3) is 0 Å². The molecule has 1 aliphatic rings. The summed E-state index contributed by atoms with van der Waals surface area (Å²) in [6.45, 7) is 8.86. The second kappa shape index (κ2) is 9.56. The molecule has 0 aliphatic carbocycles. The largest absolute Gasteiger partial charge is 0.378 e. The van der Waals surface area contributed by atoms with E-state index < -0.39 is 0 Å². The average Bonchev–Trinajstić information content (AvgIpc) is 2.68. The summed E-state index contributed by atoms with van der Waals surface area (Å²) in [5.41, 5.74) is 4.81.